The number of hydrogen-bond donors (Lipinski definition) is 2. The molecule has 0 aromatic heterocycles. The van der Waals surface area contributed by atoms with Crippen molar-refractivity contribution >= 4 is 6.41 Å². The van der Waals surface area contributed by atoms with Gasteiger partial charge in [-0.2, -0.15) is 0 Å². The lowest BCUT2D eigenvalue weighted by Gasteiger charge is -2.24. The van der Waals surface area contributed by atoms with Gasteiger partial charge in [0, 0.05) is 0 Å². The van der Waals surface area contributed by atoms with Gasteiger partial charge < -0.3 is 10.4 Å². The molecule has 1 atom stereocenters. The Morgan fingerprint density at radius 2 is 2.33 bits per heavy atom. The Morgan fingerprint density at radius 1 is 1.78 bits per heavy atom. The van der Waals surface area contributed by atoms with Crippen LogP contribution in [0.4, 0.5) is 0 Å². The SMILES string of the molecule is CC[C@@](C)(CO)NC=O. The van der Waals surface area contributed by atoms with Gasteiger partial charge in [-0.25, -0.2) is 0 Å². The molecule has 0 aliphatic carbocycles. The summed E-state index contributed by atoms with van der Waals surface area (Å²) in [4.78, 5) is 9.92. The summed E-state index contributed by atoms with van der Waals surface area (Å²) < 4.78 is 0. The number of aliphatic hydroxyl groups is 1. The highest BCUT2D eigenvalue weighted by molar-refractivity contribution is 5.47. The van der Waals surface area contributed by atoms with E-state index in [-0.39, 0.29) is 6.61 Å². The summed E-state index contributed by atoms with van der Waals surface area (Å²) in [6.07, 6.45) is 1.35. The first-order valence-corrected chi connectivity index (χ1v) is 3.00. The van der Waals surface area contributed by atoms with Crippen molar-refractivity contribution in [3.63, 3.8) is 0 Å². The number of rotatable bonds is 4. The van der Waals surface area contributed by atoms with E-state index >= 15 is 0 Å². The Hall–Kier alpha value is -0.570. The molecule has 3 heteroatoms. The molecule has 0 fully saturated rings. The van der Waals surface area contributed by atoms with Gasteiger partial charge in [0.1, 0.15) is 0 Å². The van der Waals surface area contributed by atoms with Crippen molar-refractivity contribution < 1.29 is 9.90 Å². The van der Waals surface area contributed by atoms with Crippen molar-refractivity contribution in [1.82, 2.24) is 5.32 Å². The molecule has 0 radical (unpaired) electrons. The predicted octanol–water partition coefficient (Wildman–Crippen LogP) is -0.107. The molecule has 0 spiro atoms. The van der Waals surface area contributed by atoms with Gasteiger partial charge in [0.25, 0.3) is 0 Å². The molecule has 0 aliphatic heterocycles. The van der Waals surface area contributed by atoms with E-state index in [2.05, 4.69) is 5.32 Å². The highest BCUT2D eigenvalue weighted by Crippen LogP contribution is 2.05. The summed E-state index contributed by atoms with van der Waals surface area (Å²) in [7, 11) is 0. The number of nitrogens with one attached hydrogen (secondary N) is 1. The third-order valence-corrected chi connectivity index (χ3v) is 1.54. The van der Waals surface area contributed by atoms with E-state index in [0.29, 0.717) is 6.41 Å². The van der Waals surface area contributed by atoms with Crippen molar-refractivity contribution in [3.05, 3.63) is 0 Å². The monoisotopic (exact) mass is 131 g/mol. The van der Waals surface area contributed by atoms with Crippen molar-refractivity contribution in [1.29, 1.82) is 0 Å². The predicted molar refractivity (Wildman–Crippen MR) is 35.0 cm³/mol. The molecule has 0 aliphatic rings. The van der Waals surface area contributed by atoms with Crippen molar-refractivity contribution in [2.75, 3.05) is 6.61 Å². The van der Waals surface area contributed by atoms with E-state index in [0.717, 1.165) is 6.42 Å². The number of carbonyl (C=O) groups is 1. The van der Waals surface area contributed by atoms with Crippen LogP contribution in [0.5, 0.6) is 0 Å². The maximum atomic E-state index is 9.92. The summed E-state index contributed by atoms with van der Waals surface area (Å²) >= 11 is 0. The highest BCUT2D eigenvalue weighted by atomic mass is 16.3. The van der Waals surface area contributed by atoms with E-state index in [4.69, 9.17) is 5.11 Å². The van der Waals surface area contributed by atoms with E-state index < -0.39 is 5.54 Å². The van der Waals surface area contributed by atoms with Gasteiger partial charge in [-0.05, 0) is 13.3 Å². The maximum Gasteiger partial charge on any atom is 0.207 e. The fourth-order valence-electron chi connectivity index (χ4n) is 0.402. The molecule has 0 saturated heterocycles. The fraction of sp³-hybridized carbons (Fsp3) is 0.833. The zero-order valence-electron chi connectivity index (χ0n) is 5.85. The number of amides is 1. The molecule has 0 unspecified atom stereocenters. The summed E-state index contributed by atoms with van der Waals surface area (Å²) in [6.45, 7) is 3.69. The molecule has 0 rings (SSSR count). The molecule has 0 aromatic rings. The highest BCUT2D eigenvalue weighted by Gasteiger charge is 2.18. The molecule has 0 bridgehead atoms. The van der Waals surface area contributed by atoms with Gasteiger partial charge in [-0.1, -0.05) is 6.92 Å². The van der Waals surface area contributed by atoms with Crippen LogP contribution >= 0.6 is 0 Å². The average molecular weight is 131 g/mol. The number of aliphatic hydroxyl groups excluding tert-OH is 1. The van der Waals surface area contributed by atoms with Crippen LogP contribution in [0.3, 0.4) is 0 Å². The van der Waals surface area contributed by atoms with Crippen LogP contribution < -0.4 is 5.32 Å². The van der Waals surface area contributed by atoms with E-state index in [1.54, 1.807) is 6.92 Å². The quantitative estimate of drug-likeness (QED) is 0.523. The Balaban J connectivity index is 3.75. The van der Waals surface area contributed by atoms with E-state index in [1.165, 1.54) is 0 Å². The minimum Gasteiger partial charge on any atom is -0.394 e. The Labute approximate surface area is 55.1 Å². The van der Waals surface area contributed by atoms with Crippen LogP contribution in [0.15, 0.2) is 0 Å². The largest absolute Gasteiger partial charge is 0.394 e. The Kier molecular flexibility index (Phi) is 3.24. The van der Waals surface area contributed by atoms with Gasteiger partial charge in [0.2, 0.25) is 6.41 Å². The van der Waals surface area contributed by atoms with E-state index in [1.807, 2.05) is 6.92 Å². The normalized spacial score (nSPS) is 16.3. The summed E-state index contributed by atoms with van der Waals surface area (Å²) in [5, 5.41) is 11.2. The lowest BCUT2D eigenvalue weighted by Crippen LogP contribution is -2.44. The summed E-state index contributed by atoms with van der Waals surface area (Å²) in [5.41, 5.74) is -0.429. The van der Waals surface area contributed by atoms with Gasteiger partial charge in [0.05, 0.1) is 12.1 Å². The van der Waals surface area contributed by atoms with Crippen LogP contribution in [0, 0.1) is 0 Å². The second-order valence-electron chi connectivity index (χ2n) is 2.33. The third kappa shape index (κ3) is 2.46. The van der Waals surface area contributed by atoms with Crippen molar-refractivity contribution in [2.45, 2.75) is 25.8 Å². The molecule has 54 valence electrons. The second kappa shape index (κ2) is 3.45. The van der Waals surface area contributed by atoms with Crippen molar-refractivity contribution in [3.8, 4) is 0 Å². The second-order valence-corrected chi connectivity index (χ2v) is 2.33. The number of hydrogen-bond acceptors (Lipinski definition) is 2. The zero-order chi connectivity index (χ0) is 7.33. The van der Waals surface area contributed by atoms with Gasteiger partial charge in [-0.15, -0.1) is 0 Å². The molecule has 2 N–H and O–H groups in total. The van der Waals surface area contributed by atoms with Crippen LogP contribution in [0.25, 0.3) is 0 Å². The van der Waals surface area contributed by atoms with E-state index in [9.17, 15) is 4.79 Å². The van der Waals surface area contributed by atoms with Crippen molar-refractivity contribution in [2.24, 2.45) is 0 Å². The standard InChI is InChI=1S/C6H13NO2/c1-3-6(2,4-8)7-5-9/h5,8H,3-4H2,1-2H3,(H,7,9)/t6-/m0/s1. The number of carbonyl (C=O) groups excluding carboxylic acids is 1. The molecule has 0 heterocycles. The lowest BCUT2D eigenvalue weighted by atomic mass is 10.0. The molecule has 0 aromatic carbocycles. The van der Waals surface area contributed by atoms with Gasteiger partial charge in [0.15, 0.2) is 0 Å². The molecule has 0 saturated carbocycles. The molecular weight excluding hydrogens is 118 g/mol. The minimum atomic E-state index is -0.429. The van der Waals surface area contributed by atoms with Crippen LogP contribution in [-0.4, -0.2) is 23.7 Å². The Morgan fingerprint density at radius 3 is 2.44 bits per heavy atom. The molecule has 1 amide bonds. The molecular formula is C6H13NO2. The minimum absolute atomic E-state index is 0.0117. The fourth-order valence-corrected chi connectivity index (χ4v) is 0.402. The summed E-state index contributed by atoms with van der Waals surface area (Å²) in [5.74, 6) is 0. The average Bonchev–Trinajstić information content (AvgIpc) is 1.89. The summed E-state index contributed by atoms with van der Waals surface area (Å²) in [6, 6.07) is 0. The molecule has 3 nitrogen and oxygen atoms in total. The van der Waals surface area contributed by atoms with Crippen LogP contribution in [0.2, 0.25) is 0 Å². The topological polar surface area (TPSA) is 49.3 Å². The molecule has 9 heavy (non-hydrogen) atoms. The first-order valence-electron chi connectivity index (χ1n) is 3.00. The zero-order valence-corrected chi connectivity index (χ0v) is 5.85. The third-order valence-electron chi connectivity index (χ3n) is 1.54. The Bertz CT molecular complexity index is 89.1. The van der Waals surface area contributed by atoms with Gasteiger partial charge in [-0.3, -0.25) is 4.79 Å². The maximum absolute atomic E-state index is 9.92. The lowest BCUT2D eigenvalue weighted by molar-refractivity contribution is -0.111. The van der Waals surface area contributed by atoms with Crippen LogP contribution in [-0.2, 0) is 4.79 Å². The first-order chi connectivity index (χ1) is 4.18. The smallest absolute Gasteiger partial charge is 0.207 e. The first kappa shape index (κ1) is 8.43. The van der Waals surface area contributed by atoms with Crippen LogP contribution in [0.1, 0.15) is 20.3 Å². The van der Waals surface area contributed by atoms with Gasteiger partial charge >= 0.3 is 0 Å².